The van der Waals surface area contributed by atoms with E-state index in [1.165, 1.54) is 4.90 Å². The molecule has 1 N–H and O–H groups in total. The van der Waals surface area contributed by atoms with Crippen LogP contribution in [0.5, 0.6) is 0 Å². The molecule has 1 heterocycles. The minimum absolute atomic E-state index is 0.103. The second-order valence-electron chi connectivity index (χ2n) is 3.93. The highest BCUT2D eigenvalue weighted by molar-refractivity contribution is 5.76. The molecule has 1 saturated heterocycles. The van der Waals surface area contributed by atoms with Crippen LogP contribution in [0.1, 0.15) is 6.42 Å². The van der Waals surface area contributed by atoms with Gasteiger partial charge in [-0.15, -0.1) is 0 Å². The lowest BCUT2D eigenvalue weighted by molar-refractivity contribution is -0.175. The van der Waals surface area contributed by atoms with Crippen LogP contribution in [0.25, 0.3) is 0 Å². The van der Waals surface area contributed by atoms with Gasteiger partial charge < -0.3 is 19.5 Å². The lowest BCUT2D eigenvalue weighted by Gasteiger charge is -2.32. The summed E-state index contributed by atoms with van der Waals surface area (Å²) in [6.07, 6.45) is -4.89. The Balaban J connectivity index is 2.20. The van der Waals surface area contributed by atoms with E-state index in [1.54, 1.807) is 0 Å². The smallest absolute Gasteiger partial charge is 0.394 e. The van der Waals surface area contributed by atoms with Crippen molar-refractivity contribution in [3.63, 3.8) is 0 Å². The molecule has 1 rings (SSSR count). The van der Waals surface area contributed by atoms with Gasteiger partial charge >= 0.3 is 6.18 Å². The number of aliphatic hydroxyl groups excluding tert-OH is 1. The average molecular weight is 271 g/mol. The number of alkyl halides is 3. The topological polar surface area (TPSA) is 59.0 Å². The first-order valence-corrected chi connectivity index (χ1v) is 5.57. The molecule has 1 atom stereocenters. The second kappa shape index (κ2) is 6.91. The van der Waals surface area contributed by atoms with Gasteiger partial charge in [0.05, 0.1) is 32.3 Å². The van der Waals surface area contributed by atoms with Gasteiger partial charge in [0.25, 0.3) is 0 Å². The van der Waals surface area contributed by atoms with Crippen LogP contribution in [0.4, 0.5) is 13.2 Å². The van der Waals surface area contributed by atoms with Crippen molar-refractivity contribution in [3.8, 4) is 0 Å². The summed E-state index contributed by atoms with van der Waals surface area (Å²) in [6.45, 7) is -0.833. The highest BCUT2D eigenvalue weighted by Gasteiger charge is 2.28. The molecule has 5 nitrogen and oxygen atoms in total. The summed E-state index contributed by atoms with van der Waals surface area (Å²) in [4.78, 5) is 13.1. The maximum atomic E-state index is 11.8. The van der Waals surface area contributed by atoms with Crippen molar-refractivity contribution in [1.29, 1.82) is 0 Å². The average Bonchev–Trinajstić information content (AvgIpc) is 2.33. The van der Waals surface area contributed by atoms with E-state index in [1.807, 2.05) is 0 Å². The van der Waals surface area contributed by atoms with Crippen LogP contribution < -0.4 is 0 Å². The Morgan fingerprint density at radius 1 is 1.50 bits per heavy atom. The minimum atomic E-state index is -4.37. The Hall–Kier alpha value is -0.860. The van der Waals surface area contributed by atoms with Crippen LogP contribution in [0.2, 0.25) is 0 Å². The zero-order chi connectivity index (χ0) is 13.6. The molecule has 1 amide bonds. The third kappa shape index (κ3) is 5.65. The quantitative estimate of drug-likeness (QED) is 0.724. The van der Waals surface area contributed by atoms with Crippen molar-refractivity contribution in [1.82, 2.24) is 4.90 Å². The van der Waals surface area contributed by atoms with Gasteiger partial charge in [-0.25, -0.2) is 0 Å². The third-order valence-electron chi connectivity index (χ3n) is 2.42. The molecule has 0 aliphatic carbocycles. The van der Waals surface area contributed by atoms with E-state index >= 15 is 0 Å². The van der Waals surface area contributed by atoms with E-state index in [2.05, 4.69) is 4.74 Å². The molecule has 0 bridgehead atoms. The first-order chi connectivity index (χ1) is 8.42. The molecule has 1 fully saturated rings. The summed E-state index contributed by atoms with van der Waals surface area (Å²) in [5, 5.41) is 8.88. The number of ether oxygens (including phenoxy) is 2. The van der Waals surface area contributed by atoms with Gasteiger partial charge in [0.2, 0.25) is 5.91 Å². The van der Waals surface area contributed by atoms with Crippen LogP contribution in [-0.4, -0.2) is 67.7 Å². The largest absolute Gasteiger partial charge is 0.411 e. The lowest BCUT2D eigenvalue weighted by Crippen LogP contribution is -2.47. The number of rotatable bonds is 5. The summed E-state index contributed by atoms with van der Waals surface area (Å²) in [6, 6.07) is 0. The molecule has 0 saturated carbocycles. The molecule has 0 aromatic heterocycles. The van der Waals surface area contributed by atoms with Gasteiger partial charge in [-0.2, -0.15) is 13.2 Å². The van der Waals surface area contributed by atoms with Crippen LogP contribution in [0.3, 0.4) is 0 Å². The van der Waals surface area contributed by atoms with Crippen LogP contribution >= 0.6 is 0 Å². The van der Waals surface area contributed by atoms with Gasteiger partial charge in [0.15, 0.2) is 0 Å². The number of amides is 1. The van der Waals surface area contributed by atoms with Gasteiger partial charge in [0.1, 0.15) is 6.61 Å². The van der Waals surface area contributed by atoms with Crippen molar-refractivity contribution in [2.24, 2.45) is 0 Å². The Morgan fingerprint density at radius 3 is 2.83 bits per heavy atom. The fourth-order valence-electron chi connectivity index (χ4n) is 1.56. The number of morpholine rings is 1. The molecule has 106 valence electrons. The van der Waals surface area contributed by atoms with Crippen molar-refractivity contribution in [3.05, 3.63) is 0 Å². The highest BCUT2D eigenvalue weighted by atomic mass is 19.4. The SMILES string of the molecule is O=C(CCOCC(F)(F)F)N1CCOC(CO)C1. The number of nitrogens with zero attached hydrogens (tertiary/aromatic N) is 1. The molecule has 0 aromatic carbocycles. The maximum absolute atomic E-state index is 11.8. The first-order valence-electron chi connectivity index (χ1n) is 5.57. The number of hydrogen-bond acceptors (Lipinski definition) is 4. The molecular formula is C10H16F3NO4. The Bertz CT molecular complexity index is 272. The van der Waals surface area contributed by atoms with E-state index < -0.39 is 18.9 Å². The maximum Gasteiger partial charge on any atom is 0.411 e. The lowest BCUT2D eigenvalue weighted by atomic mass is 10.2. The van der Waals surface area contributed by atoms with E-state index in [0.717, 1.165) is 0 Å². The Labute approximate surface area is 102 Å². The number of carbonyl (C=O) groups is 1. The molecule has 0 spiro atoms. The van der Waals surface area contributed by atoms with Crippen molar-refractivity contribution in [2.75, 3.05) is 39.5 Å². The van der Waals surface area contributed by atoms with E-state index in [-0.39, 0.29) is 32.1 Å². The molecular weight excluding hydrogens is 255 g/mol. The summed E-state index contributed by atoms with van der Waals surface area (Å²) >= 11 is 0. The van der Waals surface area contributed by atoms with Gasteiger partial charge in [0, 0.05) is 13.1 Å². The van der Waals surface area contributed by atoms with Crippen molar-refractivity contribution < 1.29 is 32.5 Å². The number of hydrogen-bond donors (Lipinski definition) is 1. The summed E-state index contributed by atoms with van der Waals surface area (Å²) in [7, 11) is 0. The van der Waals surface area contributed by atoms with Gasteiger partial charge in [-0.3, -0.25) is 4.79 Å². The number of carbonyl (C=O) groups excluding carboxylic acids is 1. The summed E-state index contributed by atoms with van der Waals surface area (Å²) in [5.74, 6) is -0.293. The monoisotopic (exact) mass is 271 g/mol. The Morgan fingerprint density at radius 2 is 2.22 bits per heavy atom. The standard InChI is InChI=1S/C10H16F3NO4/c11-10(12,13)7-17-3-1-9(16)14-2-4-18-8(5-14)6-15/h8,15H,1-7H2. The van der Waals surface area contributed by atoms with Gasteiger partial charge in [-0.05, 0) is 0 Å². The number of halogens is 3. The molecule has 0 radical (unpaired) electrons. The van der Waals surface area contributed by atoms with E-state index in [4.69, 9.17) is 9.84 Å². The molecule has 0 aromatic rings. The van der Waals surface area contributed by atoms with Crippen LogP contribution in [0.15, 0.2) is 0 Å². The molecule has 1 aliphatic heterocycles. The minimum Gasteiger partial charge on any atom is -0.394 e. The highest BCUT2D eigenvalue weighted by Crippen LogP contribution is 2.14. The second-order valence-corrected chi connectivity index (χ2v) is 3.93. The predicted octanol–water partition coefficient (Wildman–Crippen LogP) is 0.175. The fourth-order valence-corrected chi connectivity index (χ4v) is 1.56. The fraction of sp³-hybridized carbons (Fsp3) is 0.900. The molecule has 1 unspecified atom stereocenters. The molecule has 1 aliphatic rings. The van der Waals surface area contributed by atoms with E-state index in [9.17, 15) is 18.0 Å². The first kappa shape index (κ1) is 15.2. The molecule has 18 heavy (non-hydrogen) atoms. The van der Waals surface area contributed by atoms with Gasteiger partial charge in [-0.1, -0.05) is 0 Å². The Kier molecular flexibility index (Phi) is 5.83. The van der Waals surface area contributed by atoms with Crippen molar-refractivity contribution in [2.45, 2.75) is 18.7 Å². The zero-order valence-corrected chi connectivity index (χ0v) is 9.78. The summed E-state index contributed by atoms with van der Waals surface area (Å²) < 4.78 is 44.8. The van der Waals surface area contributed by atoms with E-state index in [0.29, 0.717) is 13.2 Å². The third-order valence-corrected chi connectivity index (χ3v) is 2.42. The number of aliphatic hydroxyl groups is 1. The molecule has 8 heteroatoms. The zero-order valence-electron chi connectivity index (χ0n) is 9.78. The predicted molar refractivity (Wildman–Crippen MR) is 54.9 cm³/mol. The summed E-state index contributed by atoms with van der Waals surface area (Å²) in [5.41, 5.74) is 0. The van der Waals surface area contributed by atoms with Crippen molar-refractivity contribution >= 4 is 5.91 Å². The normalized spacial score (nSPS) is 21.1. The van der Waals surface area contributed by atoms with Crippen LogP contribution in [-0.2, 0) is 14.3 Å². The van der Waals surface area contributed by atoms with Crippen LogP contribution in [0, 0.1) is 0 Å².